The first-order valence-corrected chi connectivity index (χ1v) is 5.56. The van der Waals surface area contributed by atoms with Crippen LogP contribution in [0.5, 0.6) is 0 Å². The molecule has 2 N–H and O–H groups in total. The summed E-state index contributed by atoms with van der Waals surface area (Å²) in [5.41, 5.74) is 9.84. The lowest BCUT2D eigenvalue weighted by Gasteiger charge is -2.12. The SMILES string of the molecule is Cc1ccccc1[C@@H](N)c1ccsc1. The summed E-state index contributed by atoms with van der Waals surface area (Å²) in [5.74, 6) is 0. The molecule has 1 atom stereocenters. The number of hydrogen-bond donors (Lipinski definition) is 1. The Balaban J connectivity index is 2.37. The minimum atomic E-state index is 0.0162. The van der Waals surface area contributed by atoms with Gasteiger partial charge in [-0.1, -0.05) is 24.3 Å². The first-order chi connectivity index (χ1) is 6.79. The summed E-state index contributed by atoms with van der Waals surface area (Å²) in [7, 11) is 0. The van der Waals surface area contributed by atoms with Crippen molar-refractivity contribution in [3.05, 3.63) is 57.8 Å². The lowest BCUT2D eigenvalue weighted by Crippen LogP contribution is -2.12. The van der Waals surface area contributed by atoms with Crippen LogP contribution in [0, 0.1) is 6.92 Å². The molecule has 0 unspecified atom stereocenters. The molecule has 1 nitrogen and oxygen atoms in total. The van der Waals surface area contributed by atoms with Gasteiger partial charge in [0.05, 0.1) is 6.04 Å². The van der Waals surface area contributed by atoms with E-state index in [9.17, 15) is 0 Å². The van der Waals surface area contributed by atoms with E-state index in [4.69, 9.17) is 5.73 Å². The fourth-order valence-corrected chi connectivity index (χ4v) is 2.26. The molecule has 1 aromatic carbocycles. The molecule has 1 aromatic heterocycles. The van der Waals surface area contributed by atoms with Crippen molar-refractivity contribution in [2.24, 2.45) is 5.73 Å². The van der Waals surface area contributed by atoms with E-state index in [1.54, 1.807) is 11.3 Å². The number of hydrogen-bond acceptors (Lipinski definition) is 2. The molecule has 0 radical (unpaired) electrons. The third-order valence-electron chi connectivity index (χ3n) is 2.43. The molecule has 0 amide bonds. The van der Waals surface area contributed by atoms with Gasteiger partial charge in [0.15, 0.2) is 0 Å². The van der Waals surface area contributed by atoms with Crippen molar-refractivity contribution in [3.8, 4) is 0 Å². The van der Waals surface area contributed by atoms with Crippen LogP contribution in [0.3, 0.4) is 0 Å². The molecule has 0 saturated carbocycles. The Morgan fingerprint density at radius 2 is 2.00 bits per heavy atom. The van der Waals surface area contributed by atoms with E-state index in [2.05, 4.69) is 35.9 Å². The van der Waals surface area contributed by atoms with Crippen molar-refractivity contribution >= 4 is 11.3 Å². The van der Waals surface area contributed by atoms with E-state index in [-0.39, 0.29) is 6.04 Å². The Morgan fingerprint density at radius 3 is 2.64 bits per heavy atom. The average molecular weight is 203 g/mol. The third kappa shape index (κ3) is 1.72. The molecular formula is C12H13NS. The van der Waals surface area contributed by atoms with Crippen molar-refractivity contribution in [2.45, 2.75) is 13.0 Å². The van der Waals surface area contributed by atoms with Crippen LogP contribution < -0.4 is 5.73 Å². The predicted octanol–water partition coefficient (Wildman–Crippen LogP) is 3.10. The van der Waals surface area contributed by atoms with Gasteiger partial charge in [0, 0.05) is 0 Å². The monoisotopic (exact) mass is 203 g/mol. The molecule has 0 aliphatic rings. The van der Waals surface area contributed by atoms with E-state index >= 15 is 0 Å². The Bertz CT molecular complexity index is 406. The Kier molecular flexibility index (Phi) is 2.66. The maximum Gasteiger partial charge on any atom is 0.0562 e. The maximum atomic E-state index is 6.17. The van der Waals surface area contributed by atoms with Crippen molar-refractivity contribution in [2.75, 3.05) is 0 Å². The largest absolute Gasteiger partial charge is 0.320 e. The van der Waals surface area contributed by atoms with Crippen LogP contribution in [0.4, 0.5) is 0 Å². The van der Waals surface area contributed by atoms with Crippen molar-refractivity contribution in [3.63, 3.8) is 0 Å². The maximum absolute atomic E-state index is 6.17. The van der Waals surface area contributed by atoms with Gasteiger partial charge in [-0.2, -0.15) is 11.3 Å². The zero-order valence-corrected chi connectivity index (χ0v) is 8.92. The lowest BCUT2D eigenvalue weighted by molar-refractivity contribution is 0.867. The van der Waals surface area contributed by atoms with Crippen molar-refractivity contribution in [1.82, 2.24) is 0 Å². The van der Waals surface area contributed by atoms with Crippen LogP contribution >= 0.6 is 11.3 Å². The smallest absolute Gasteiger partial charge is 0.0562 e. The first-order valence-electron chi connectivity index (χ1n) is 4.62. The number of rotatable bonds is 2. The average Bonchev–Trinajstić information content (AvgIpc) is 2.70. The van der Waals surface area contributed by atoms with Gasteiger partial charge in [-0.3, -0.25) is 0 Å². The zero-order chi connectivity index (χ0) is 9.97. The molecule has 0 spiro atoms. The highest BCUT2D eigenvalue weighted by molar-refractivity contribution is 7.08. The standard InChI is InChI=1S/C12H13NS/c1-9-4-2-3-5-11(9)12(13)10-6-7-14-8-10/h2-8,12H,13H2,1H3/t12-/m0/s1. The highest BCUT2D eigenvalue weighted by Gasteiger charge is 2.10. The van der Waals surface area contributed by atoms with Gasteiger partial charge in [0.2, 0.25) is 0 Å². The van der Waals surface area contributed by atoms with Gasteiger partial charge in [-0.05, 0) is 40.4 Å². The van der Waals surface area contributed by atoms with Crippen molar-refractivity contribution < 1.29 is 0 Å². The summed E-state index contributed by atoms with van der Waals surface area (Å²) in [4.78, 5) is 0. The van der Waals surface area contributed by atoms with Gasteiger partial charge in [-0.15, -0.1) is 0 Å². The number of aryl methyl sites for hydroxylation is 1. The van der Waals surface area contributed by atoms with Gasteiger partial charge in [-0.25, -0.2) is 0 Å². The predicted molar refractivity (Wildman–Crippen MR) is 61.5 cm³/mol. The Hall–Kier alpha value is -1.12. The van der Waals surface area contributed by atoms with Crippen LogP contribution in [0.2, 0.25) is 0 Å². The number of thiophene rings is 1. The second-order valence-corrected chi connectivity index (χ2v) is 4.17. The second-order valence-electron chi connectivity index (χ2n) is 3.39. The summed E-state index contributed by atoms with van der Waals surface area (Å²) < 4.78 is 0. The van der Waals surface area contributed by atoms with Gasteiger partial charge < -0.3 is 5.73 Å². The molecule has 2 heteroatoms. The van der Waals surface area contributed by atoms with Gasteiger partial charge >= 0.3 is 0 Å². The highest BCUT2D eigenvalue weighted by Crippen LogP contribution is 2.23. The fraction of sp³-hybridized carbons (Fsp3) is 0.167. The summed E-state index contributed by atoms with van der Waals surface area (Å²) in [6.45, 7) is 2.10. The van der Waals surface area contributed by atoms with Crippen LogP contribution in [0.1, 0.15) is 22.7 Å². The quantitative estimate of drug-likeness (QED) is 0.797. The summed E-state index contributed by atoms with van der Waals surface area (Å²) in [6.07, 6.45) is 0. The minimum Gasteiger partial charge on any atom is -0.320 e. The summed E-state index contributed by atoms with van der Waals surface area (Å²) in [5, 5.41) is 4.17. The van der Waals surface area contributed by atoms with E-state index in [1.807, 2.05) is 12.1 Å². The van der Waals surface area contributed by atoms with Crippen LogP contribution in [-0.4, -0.2) is 0 Å². The molecule has 72 valence electrons. The molecule has 14 heavy (non-hydrogen) atoms. The van der Waals surface area contributed by atoms with Crippen LogP contribution in [-0.2, 0) is 0 Å². The molecule has 2 rings (SSSR count). The highest BCUT2D eigenvalue weighted by atomic mass is 32.1. The molecule has 0 aliphatic carbocycles. The number of nitrogens with two attached hydrogens (primary N) is 1. The Labute approximate surface area is 88.2 Å². The topological polar surface area (TPSA) is 26.0 Å². The van der Waals surface area contributed by atoms with Gasteiger partial charge in [0.25, 0.3) is 0 Å². The Morgan fingerprint density at radius 1 is 1.21 bits per heavy atom. The second kappa shape index (κ2) is 3.95. The fourth-order valence-electron chi connectivity index (χ4n) is 1.57. The van der Waals surface area contributed by atoms with E-state index in [0.717, 1.165) is 0 Å². The zero-order valence-electron chi connectivity index (χ0n) is 8.10. The van der Waals surface area contributed by atoms with Crippen LogP contribution in [0.25, 0.3) is 0 Å². The van der Waals surface area contributed by atoms with E-state index < -0.39 is 0 Å². The first kappa shape index (κ1) is 9.44. The third-order valence-corrected chi connectivity index (χ3v) is 3.13. The molecule has 1 heterocycles. The molecule has 0 fully saturated rings. The normalized spacial score (nSPS) is 12.7. The molecule has 2 aromatic rings. The van der Waals surface area contributed by atoms with Crippen molar-refractivity contribution in [1.29, 1.82) is 0 Å². The van der Waals surface area contributed by atoms with Gasteiger partial charge in [0.1, 0.15) is 0 Å². The molecular weight excluding hydrogens is 190 g/mol. The minimum absolute atomic E-state index is 0.0162. The molecule has 0 saturated heterocycles. The lowest BCUT2D eigenvalue weighted by atomic mass is 9.98. The van der Waals surface area contributed by atoms with Crippen LogP contribution in [0.15, 0.2) is 41.1 Å². The molecule has 0 aliphatic heterocycles. The van der Waals surface area contributed by atoms with E-state index in [1.165, 1.54) is 16.7 Å². The summed E-state index contributed by atoms with van der Waals surface area (Å²) in [6, 6.07) is 10.4. The van der Waals surface area contributed by atoms with E-state index in [0.29, 0.717) is 0 Å². The summed E-state index contributed by atoms with van der Waals surface area (Å²) >= 11 is 1.69. The number of benzene rings is 1. The molecule has 0 bridgehead atoms.